The maximum atomic E-state index is 12.6. The summed E-state index contributed by atoms with van der Waals surface area (Å²) in [4.78, 5) is 22.0. The molecule has 4 aromatic rings. The number of nitrogens with zero attached hydrogens (tertiary/aromatic N) is 2. The van der Waals surface area contributed by atoms with Crippen LogP contribution in [0.15, 0.2) is 96.2 Å². The van der Waals surface area contributed by atoms with Crippen LogP contribution < -0.4 is 10.1 Å². The summed E-state index contributed by atoms with van der Waals surface area (Å²) in [5, 5.41) is 3.47. The van der Waals surface area contributed by atoms with Crippen LogP contribution in [0.4, 0.5) is 5.69 Å². The maximum Gasteiger partial charge on any atom is 0.234 e. The van der Waals surface area contributed by atoms with E-state index in [9.17, 15) is 4.79 Å². The molecule has 0 saturated heterocycles. The van der Waals surface area contributed by atoms with Gasteiger partial charge in [0.1, 0.15) is 5.75 Å². The number of hydrogen-bond acceptors (Lipinski definition) is 5. The molecule has 1 heterocycles. The van der Waals surface area contributed by atoms with Crippen molar-refractivity contribution in [3.8, 4) is 28.3 Å². The monoisotopic (exact) mass is 441 g/mol. The number of benzene rings is 3. The summed E-state index contributed by atoms with van der Waals surface area (Å²) in [5.41, 5.74) is 4.31. The number of carbonyl (C=O) groups is 1. The zero-order chi connectivity index (χ0) is 22.2. The summed E-state index contributed by atoms with van der Waals surface area (Å²) in [7, 11) is 0. The third-order valence-corrected chi connectivity index (χ3v) is 5.49. The van der Waals surface area contributed by atoms with Crippen LogP contribution in [-0.4, -0.2) is 28.2 Å². The van der Waals surface area contributed by atoms with Crippen molar-refractivity contribution in [2.75, 3.05) is 17.7 Å². The SMILES string of the molecule is CCOc1ccccc1NC(=O)CSc1nc(-c2ccccc2)cc(-c2ccccc2)n1. The second-order valence-corrected chi connectivity index (χ2v) is 7.86. The Bertz CT molecular complexity index is 1130. The predicted octanol–water partition coefficient (Wildman–Crippen LogP) is 5.94. The highest BCUT2D eigenvalue weighted by atomic mass is 32.2. The Morgan fingerprint density at radius 1 is 0.844 bits per heavy atom. The second kappa shape index (κ2) is 10.6. The number of thioether (sulfide) groups is 1. The fraction of sp³-hybridized carbons (Fsp3) is 0.115. The highest BCUT2D eigenvalue weighted by Crippen LogP contribution is 2.28. The predicted molar refractivity (Wildman–Crippen MR) is 130 cm³/mol. The Morgan fingerprint density at radius 2 is 1.41 bits per heavy atom. The molecule has 0 fully saturated rings. The van der Waals surface area contributed by atoms with Crippen LogP contribution in [0.3, 0.4) is 0 Å². The van der Waals surface area contributed by atoms with Crippen molar-refractivity contribution in [1.29, 1.82) is 0 Å². The molecule has 0 unspecified atom stereocenters. The highest BCUT2D eigenvalue weighted by Gasteiger charge is 2.12. The quantitative estimate of drug-likeness (QED) is 0.271. The van der Waals surface area contributed by atoms with Crippen LogP contribution in [0.1, 0.15) is 6.92 Å². The van der Waals surface area contributed by atoms with Crippen molar-refractivity contribution < 1.29 is 9.53 Å². The van der Waals surface area contributed by atoms with Crippen LogP contribution in [0, 0.1) is 0 Å². The summed E-state index contributed by atoms with van der Waals surface area (Å²) in [6.45, 7) is 2.44. The van der Waals surface area contributed by atoms with E-state index in [1.165, 1.54) is 11.8 Å². The van der Waals surface area contributed by atoms with Gasteiger partial charge in [0.15, 0.2) is 5.16 Å². The average molecular weight is 442 g/mol. The molecule has 160 valence electrons. The second-order valence-electron chi connectivity index (χ2n) is 6.92. The normalized spacial score (nSPS) is 10.5. The number of carbonyl (C=O) groups excluding carboxylic acids is 1. The van der Waals surface area contributed by atoms with Crippen molar-refractivity contribution in [1.82, 2.24) is 9.97 Å². The van der Waals surface area contributed by atoms with Crippen molar-refractivity contribution in [3.05, 3.63) is 91.0 Å². The van der Waals surface area contributed by atoms with Crippen LogP contribution in [0.5, 0.6) is 5.75 Å². The third-order valence-electron chi connectivity index (χ3n) is 4.64. The summed E-state index contributed by atoms with van der Waals surface area (Å²) < 4.78 is 5.58. The number of hydrogen-bond donors (Lipinski definition) is 1. The van der Waals surface area contributed by atoms with Crippen molar-refractivity contribution in [2.24, 2.45) is 0 Å². The number of aromatic nitrogens is 2. The average Bonchev–Trinajstić information content (AvgIpc) is 2.85. The summed E-state index contributed by atoms with van der Waals surface area (Å²) in [6.07, 6.45) is 0. The van der Waals surface area contributed by atoms with Crippen LogP contribution in [0.25, 0.3) is 22.5 Å². The van der Waals surface area contributed by atoms with E-state index in [1.807, 2.05) is 97.9 Å². The fourth-order valence-corrected chi connectivity index (χ4v) is 3.83. The number of anilines is 1. The summed E-state index contributed by atoms with van der Waals surface area (Å²) >= 11 is 1.31. The van der Waals surface area contributed by atoms with E-state index >= 15 is 0 Å². The standard InChI is InChI=1S/C26H23N3O2S/c1-2-31-24-16-10-9-15-21(24)27-25(30)18-32-26-28-22(19-11-5-3-6-12-19)17-23(29-26)20-13-7-4-8-14-20/h3-17H,2,18H2,1H3,(H,27,30). The summed E-state index contributed by atoms with van der Waals surface area (Å²) in [6, 6.07) is 29.3. The van der Waals surface area contributed by atoms with Crippen molar-refractivity contribution in [3.63, 3.8) is 0 Å². The largest absolute Gasteiger partial charge is 0.492 e. The van der Waals surface area contributed by atoms with E-state index in [1.54, 1.807) is 0 Å². The van der Waals surface area contributed by atoms with Gasteiger partial charge >= 0.3 is 0 Å². The smallest absolute Gasteiger partial charge is 0.234 e. The Kier molecular flexibility index (Phi) is 7.15. The molecular formula is C26H23N3O2S. The third kappa shape index (κ3) is 5.53. The van der Waals surface area contributed by atoms with Gasteiger partial charge in [-0.15, -0.1) is 0 Å². The Balaban J connectivity index is 1.55. The molecule has 32 heavy (non-hydrogen) atoms. The van der Waals surface area contributed by atoms with Crippen LogP contribution in [0.2, 0.25) is 0 Å². The molecule has 4 rings (SSSR count). The van der Waals surface area contributed by atoms with Crippen molar-refractivity contribution in [2.45, 2.75) is 12.1 Å². The van der Waals surface area contributed by atoms with E-state index in [0.717, 1.165) is 22.5 Å². The van der Waals surface area contributed by atoms with Crippen molar-refractivity contribution >= 4 is 23.4 Å². The minimum Gasteiger partial charge on any atom is -0.492 e. The van der Waals surface area contributed by atoms with Gasteiger partial charge in [0, 0.05) is 11.1 Å². The molecule has 0 spiro atoms. The molecule has 5 nitrogen and oxygen atoms in total. The van der Waals surface area contributed by atoms with Gasteiger partial charge in [-0.05, 0) is 25.1 Å². The molecular weight excluding hydrogens is 418 g/mol. The fourth-order valence-electron chi connectivity index (χ4n) is 3.17. The lowest BCUT2D eigenvalue weighted by atomic mass is 10.1. The van der Waals surface area contributed by atoms with E-state index in [0.29, 0.717) is 23.2 Å². The van der Waals surface area contributed by atoms with Gasteiger partial charge in [0.25, 0.3) is 0 Å². The molecule has 1 N–H and O–H groups in total. The Morgan fingerprint density at radius 3 is 2.00 bits per heavy atom. The van der Waals surface area contributed by atoms with E-state index in [4.69, 9.17) is 14.7 Å². The van der Waals surface area contributed by atoms with E-state index in [-0.39, 0.29) is 11.7 Å². The number of rotatable bonds is 8. The first-order chi connectivity index (χ1) is 15.7. The van der Waals surface area contributed by atoms with E-state index in [2.05, 4.69) is 5.32 Å². The summed E-state index contributed by atoms with van der Waals surface area (Å²) in [5.74, 6) is 0.701. The van der Waals surface area contributed by atoms with Gasteiger partial charge in [0.05, 0.1) is 29.4 Å². The number of para-hydroxylation sites is 2. The van der Waals surface area contributed by atoms with Crippen LogP contribution >= 0.6 is 11.8 Å². The number of ether oxygens (including phenoxy) is 1. The first-order valence-corrected chi connectivity index (χ1v) is 11.4. The lowest BCUT2D eigenvalue weighted by molar-refractivity contribution is -0.113. The Labute approximate surface area is 191 Å². The van der Waals surface area contributed by atoms with Gasteiger partial charge < -0.3 is 10.1 Å². The molecule has 0 bridgehead atoms. The first kappa shape index (κ1) is 21.6. The topological polar surface area (TPSA) is 64.1 Å². The van der Waals surface area contributed by atoms with Crippen LogP contribution in [-0.2, 0) is 4.79 Å². The molecule has 0 saturated carbocycles. The molecule has 0 atom stereocenters. The number of nitrogens with one attached hydrogen (secondary N) is 1. The Hall–Kier alpha value is -3.64. The molecule has 0 aliphatic carbocycles. The number of amides is 1. The molecule has 1 aromatic heterocycles. The molecule has 0 aliphatic heterocycles. The zero-order valence-corrected chi connectivity index (χ0v) is 18.5. The van der Waals surface area contributed by atoms with Gasteiger partial charge in [0.2, 0.25) is 5.91 Å². The first-order valence-electron chi connectivity index (χ1n) is 10.4. The maximum absolute atomic E-state index is 12.6. The highest BCUT2D eigenvalue weighted by molar-refractivity contribution is 7.99. The molecule has 0 aliphatic rings. The van der Waals surface area contributed by atoms with Gasteiger partial charge in [-0.1, -0.05) is 84.6 Å². The molecule has 0 radical (unpaired) electrons. The van der Waals surface area contributed by atoms with Gasteiger partial charge in [-0.3, -0.25) is 4.79 Å². The molecule has 1 amide bonds. The molecule has 6 heteroatoms. The minimum atomic E-state index is -0.142. The van der Waals surface area contributed by atoms with Gasteiger partial charge in [-0.25, -0.2) is 9.97 Å². The minimum absolute atomic E-state index is 0.142. The molecule has 3 aromatic carbocycles. The van der Waals surface area contributed by atoms with Gasteiger partial charge in [-0.2, -0.15) is 0 Å². The lowest BCUT2D eigenvalue weighted by Gasteiger charge is -2.11. The lowest BCUT2D eigenvalue weighted by Crippen LogP contribution is -2.15. The van der Waals surface area contributed by atoms with E-state index < -0.39 is 0 Å². The zero-order valence-electron chi connectivity index (χ0n) is 17.7.